The molecule has 0 fully saturated rings. The standard InChI is InChI=1S/C10H15FO2.C2H6/c1-3-5-9(4-2)7-13-8-10(12)6-11;1-2/h3-5,10,12H,1-2,6-8H2;1-2H3/b9-5+;. The summed E-state index contributed by atoms with van der Waals surface area (Å²) in [6.45, 7) is 10.6. The molecule has 0 saturated heterocycles. The zero-order chi connectivity index (χ0) is 12.1. The van der Waals surface area contributed by atoms with Crippen LogP contribution >= 0.6 is 0 Å². The molecule has 0 aliphatic carbocycles. The molecule has 1 unspecified atom stereocenters. The molecule has 0 aromatic carbocycles. The maximum absolute atomic E-state index is 11.8. The Morgan fingerprint density at radius 3 is 2.47 bits per heavy atom. The third-order valence-electron chi connectivity index (χ3n) is 1.35. The van der Waals surface area contributed by atoms with Gasteiger partial charge in [0.05, 0.1) is 13.2 Å². The van der Waals surface area contributed by atoms with Gasteiger partial charge < -0.3 is 9.84 Å². The highest BCUT2D eigenvalue weighted by molar-refractivity contribution is 5.21. The third kappa shape index (κ3) is 11.0. The van der Waals surface area contributed by atoms with Gasteiger partial charge in [-0.1, -0.05) is 45.2 Å². The van der Waals surface area contributed by atoms with E-state index < -0.39 is 12.8 Å². The predicted octanol–water partition coefficient (Wildman–Crippen LogP) is 2.66. The van der Waals surface area contributed by atoms with Crippen LogP contribution in [0.2, 0.25) is 0 Å². The van der Waals surface area contributed by atoms with E-state index in [0.29, 0.717) is 6.61 Å². The van der Waals surface area contributed by atoms with Gasteiger partial charge in [0.15, 0.2) is 0 Å². The molecule has 88 valence electrons. The van der Waals surface area contributed by atoms with Crippen molar-refractivity contribution < 1.29 is 14.2 Å². The van der Waals surface area contributed by atoms with Gasteiger partial charge in [0, 0.05) is 0 Å². The molecule has 0 aliphatic rings. The van der Waals surface area contributed by atoms with Crippen molar-refractivity contribution in [2.24, 2.45) is 0 Å². The molecule has 15 heavy (non-hydrogen) atoms. The van der Waals surface area contributed by atoms with Gasteiger partial charge in [0.25, 0.3) is 0 Å². The summed E-state index contributed by atoms with van der Waals surface area (Å²) >= 11 is 0. The molecule has 0 aromatic heterocycles. The SMILES string of the molecule is C=C/C=C(\C=C)COCC(O)CF.CC. The lowest BCUT2D eigenvalue weighted by Gasteiger charge is -2.07. The highest BCUT2D eigenvalue weighted by Gasteiger charge is 2.02. The Labute approximate surface area is 91.8 Å². The van der Waals surface area contributed by atoms with E-state index in [9.17, 15) is 4.39 Å². The lowest BCUT2D eigenvalue weighted by atomic mass is 10.2. The first-order chi connectivity index (χ1) is 7.24. The number of aliphatic hydroxyl groups excluding tert-OH is 1. The van der Waals surface area contributed by atoms with Gasteiger partial charge >= 0.3 is 0 Å². The molecular weight excluding hydrogens is 195 g/mol. The second-order valence-electron chi connectivity index (χ2n) is 2.50. The van der Waals surface area contributed by atoms with E-state index in [2.05, 4.69) is 13.2 Å². The topological polar surface area (TPSA) is 29.5 Å². The van der Waals surface area contributed by atoms with E-state index >= 15 is 0 Å². The summed E-state index contributed by atoms with van der Waals surface area (Å²) in [5, 5.41) is 8.81. The Balaban J connectivity index is 0. The smallest absolute Gasteiger partial charge is 0.118 e. The summed E-state index contributed by atoms with van der Waals surface area (Å²) in [6, 6.07) is 0. The van der Waals surface area contributed by atoms with E-state index in [-0.39, 0.29) is 6.61 Å². The van der Waals surface area contributed by atoms with E-state index in [1.165, 1.54) is 0 Å². The molecule has 0 spiro atoms. The Hall–Kier alpha value is -0.930. The number of allylic oxidation sites excluding steroid dienone is 2. The Kier molecular flexibility index (Phi) is 14.4. The highest BCUT2D eigenvalue weighted by atomic mass is 19.1. The molecule has 1 N–H and O–H groups in total. The van der Waals surface area contributed by atoms with Crippen molar-refractivity contribution in [2.45, 2.75) is 20.0 Å². The lowest BCUT2D eigenvalue weighted by Crippen LogP contribution is -2.17. The number of ether oxygens (including phenoxy) is 1. The molecule has 0 radical (unpaired) electrons. The molecule has 0 bridgehead atoms. The van der Waals surface area contributed by atoms with Crippen molar-refractivity contribution in [2.75, 3.05) is 19.9 Å². The van der Waals surface area contributed by atoms with Crippen molar-refractivity contribution in [3.05, 3.63) is 37.0 Å². The van der Waals surface area contributed by atoms with Crippen molar-refractivity contribution >= 4 is 0 Å². The molecule has 0 amide bonds. The summed E-state index contributed by atoms with van der Waals surface area (Å²) in [5.41, 5.74) is 0.848. The number of aliphatic hydroxyl groups is 1. The fraction of sp³-hybridized carbons (Fsp3) is 0.500. The molecule has 0 rings (SSSR count). The average Bonchev–Trinajstić information content (AvgIpc) is 2.30. The molecule has 2 nitrogen and oxygen atoms in total. The molecule has 3 heteroatoms. The van der Waals surface area contributed by atoms with E-state index in [1.807, 2.05) is 13.8 Å². The van der Waals surface area contributed by atoms with Gasteiger partial charge in [-0.2, -0.15) is 0 Å². The molecular formula is C12H21FO2. The maximum atomic E-state index is 11.8. The van der Waals surface area contributed by atoms with E-state index in [0.717, 1.165) is 5.57 Å². The van der Waals surface area contributed by atoms with Crippen molar-refractivity contribution in [1.29, 1.82) is 0 Å². The van der Waals surface area contributed by atoms with E-state index in [4.69, 9.17) is 9.84 Å². The molecule has 0 heterocycles. The number of halogens is 1. The minimum atomic E-state index is -1.03. The molecule has 1 atom stereocenters. The van der Waals surface area contributed by atoms with Crippen LogP contribution in [-0.2, 0) is 4.74 Å². The average molecular weight is 216 g/mol. The van der Waals surface area contributed by atoms with Crippen LogP contribution in [0.3, 0.4) is 0 Å². The van der Waals surface area contributed by atoms with Gasteiger partial charge in [-0.05, 0) is 5.57 Å². The molecule has 0 saturated carbocycles. The summed E-state index contributed by atoms with van der Waals surface area (Å²) in [6.07, 6.45) is 3.96. The minimum absolute atomic E-state index is 0.00117. The van der Waals surface area contributed by atoms with Crippen LogP contribution < -0.4 is 0 Å². The highest BCUT2D eigenvalue weighted by Crippen LogP contribution is 1.98. The monoisotopic (exact) mass is 216 g/mol. The third-order valence-corrected chi connectivity index (χ3v) is 1.35. The number of hydrogen-bond donors (Lipinski definition) is 1. The molecule has 0 aromatic rings. The van der Waals surface area contributed by atoms with Crippen LogP contribution in [0.25, 0.3) is 0 Å². The first-order valence-corrected chi connectivity index (χ1v) is 5.00. The number of rotatable bonds is 7. The quantitative estimate of drug-likeness (QED) is 0.663. The van der Waals surface area contributed by atoms with Crippen molar-refractivity contribution in [1.82, 2.24) is 0 Å². The maximum Gasteiger partial charge on any atom is 0.118 e. The summed E-state index contributed by atoms with van der Waals surface area (Å²) in [7, 11) is 0. The van der Waals surface area contributed by atoms with Crippen LogP contribution in [0.1, 0.15) is 13.8 Å². The Morgan fingerprint density at radius 1 is 1.47 bits per heavy atom. The minimum Gasteiger partial charge on any atom is -0.388 e. The van der Waals surface area contributed by atoms with E-state index in [1.54, 1.807) is 18.2 Å². The normalized spacial score (nSPS) is 12.4. The number of hydrogen-bond acceptors (Lipinski definition) is 2. The zero-order valence-corrected chi connectivity index (χ0v) is 9.58. The van der Waals surface area contributed by atoms with Crippen LogP contribution in [-0.4, -0.2) is 31.1 Å². The summed E-state index contributed by atoms with van der Waals surface area (Å²) in [5.74, 6) is 0. The first-order valence-electron chi connectivity index (χ1n) is 5.00. The summed E-state index contributed by atoms with van der Waals surface area (Å²) in [4.78, 5) is 0. The predicted molar refractivity (Wildman–Crippen MR) is 62.6 cm³/mol. The lowest BCUT2D eigenvalue weighted by molar-refractivity contribution is 0.0334. The van der Waals surface area contributed by atoms with Gasteiger partial charge in [0.2, 0.25) is 0 Å². The van der Waals surface area contributed by atoms with Crippen LogP contribution in [0.5, 0.6) is 0 Å². The van der Waals surface area contributed by atoms with Gasteiger partial charge in [-0.25, -0.2) is 4.39 Å². The zero-order valence-electron chi connectivity index (χ0n) is 9.58. The second kappa shape index (κ2) is 13.1. The second-order valence-corrected chi connectivity index (χ2v) is 2.50. The van der Waals surface area contributed by atoms with Gasteiger partial charge in [0.1, 0.15) is 12.8 Å². The summed E-state index contributed by atoms with van der Waals surface area (Å²) < 4.78 is 16.8. The number of alkyl halides is 1. The van der Waals surface area contributed by atoms with Crippen LogP contribution in [0.15, 0.2) is 37.0 Å². The van der Waals surface area contributed by atoms with Crippen molar-refractivity contribution in [3.8, 4) is 0 Å². The van der Waals surface area contributed by atoms with Gasteiger partial charge in [-0.15, -0.1) is 0 Å². The Bertz CT molecular complexity index is 188. The van der Waals surface area contributed by atoms with Crippen molar-refractivity contribution in [3.63, 3.8) is 0 Å². The first kappa shape index (κ1) is 16.5. The fourth-order valence-electron chi connectivity index (χ4n) is 0.684. The van der Waals surface area contributed by atoms with Gasteiger partial charge in [-0.3, -0.25) is 0 Å². The van der Waals surface area contributed by atoms with Crippen LogP contribution in [0.4, 0.5) is 4.39 Å². The largest absolute Gasteiger partial charge is 0.388 e. The van der Waals surface area contributed by atoms with Crippen LogP contribution in [0, 0.1) is 0 Å². The molecule has 0 aliphatic heterocycles. The Morgan fingerprint density at radius 2 is 2.07 bits per heavy atom. The fourth-order valence-corrected chi connectivity index (χ4v) is 0.684.